The van der Waals surface area contributed by atoms with Crippen LogP contribution < -0.4 is 0 Å². The number of amides is 1. The molecule has 0 atom stereocenters. The van der Waals surface area contributed by atoms with Crippen molar-refractivity contribution < 1.29 is 9.59 Å². The highest BCUT2D eigenvalue weighted by Crippen LogP contribution is 2.31. The van der Waals surface area contributed by atoms with Gasteiger partial charge >= 0.3 is 0 Å². The standard InChI is InChI=1S/C6H7BBr2N2O2S/c1-2-10-11(7)5(12)3(8)4(9)6(13)14-10/h2,7H2,1H3. The zero-order valence-electron chi connectivity index (χ0n) is 7.58. The summed E-state index contributed by atoms with van der Waals surface area (Å²) < 4.78 is 2.13. The molecule has 0 bridgehead atoms. The van der Waals surface area contributed by atoms with Gasteiger partial charge in [0.25, 0.3) is 5.91 Å². The van der Waals surface area contributed by atoms with Crippen molar-refractivity contribution in [3.63, 3.8) is 0 Å². The molecule has 0 radical (unpaired) electrons. The Bertz CT molecular complexity index is 323. The number of carbonyl (C=O) groups is 2. The summed E-state index contributed by atoms with van der Waals surface area (Å²) in [6.45, 7) is 2.45. The van der Waals surface area contributed by atoms with Crippen LogP contribution in [0.1, 0.15) is 6.92 Å². The van der Waals surface area contributed by atoms with Gasteiger partial charge in [-0.2, -0.15) is 4.41 Å². The highest BCUT2D eigenvalue weighted by molar-refractivity contribution is 9.14. The molecule has 0 saturated carbocycles. The molecule has 4 nitrogen and oxygen atoms in total. The average Bonchev–Trinajstić information content (AvgIpc) is 2.25. The zero-order valence-corrected chi connectivity index (χ0v) is 11.6. The minimum absolute atomic E-state index is 0.184. The molecule has 1 rings (SSSR count). The topological polar surface area (TPSA) is 40.6 Å². The SMILES string of the molecule is BN1C(=O)C(Br)=C(Br)C(=O)SN1CC. The van der Waals surface area contributed by atoms with Gasteiger partial charge in [0.05, 0.1) is 4.48 Å². The van der Waals surface area contributed by atoms with E-state index in [9.17, 15) is 9.59 Å². The predicted octanol–water partition coefficient (Wildman–Crippen LogP) is 0.790. The summed E-state index contributed by atoms with van der Waals surface area (Å²) in [5, 5.41) is -0.184. The molecule has 1 aliphatic rings. The van der Waals surface area contributed by atoms with Crippen molar-refractivity contribution in [2.75, 3.05) is 6.54 Å². The minimum Gasteiger partial charge on any atom is -0.316 e. The first-order valence-corrected chi connectivity index (χ1v) is 6.18. The smallest absolute Gasteiger partial charge is 0.264 e. The van der Waals surface area contributed by atoms with E-state index < -0.39 is 0 Å². The van der Waals surface area contributed by atoms with Crippen molar-refractivity contribution in [3.8, 4) is 0 Å². The normalized spacial score (nSPS) is 20.4. The van der Waals surface area contributed by atoms with Crippen LogP contribution in [-0.2, 0) is 9.59 Å². The Balaban J connectivity index is 3.08. The van der Waals surface area contributed by atoms with E-state index in [2.05, 4.69) is 31.9 Å². The fourth-order valence-electron chi connectivity index (χ4n) is 0.901. The molecule has 0 aromatic rings. The third kappa shape index (κ3) is 2.24. The Morgan fingerprint density at radius 3 is 2.43 bits per heavy atom. The largest absolute Gasteiger partial charge is 0.316 e. The van der Waals surface area contributed by atoms with E-state index in [0.717, 1.165) is 11.9 Å². The second-order valence-electron chi connectivity index (χ2n) is 2.50. The van der Waals surface area contributed by atoms with Crippen molar-refractivity contribution in [1.29, 1.82) is 0 Å². The van der Waals surface area contributed by atoms with E-state index in [1.165, 1.54) is 4.92 Å². The molecular weight excluding hydrogens is 335 g/mol. The van der Waals surface area contributed by atoms with Gasteiger partial charge in [0, 0.05) is 18.5 Å². The summed E-state index contributed by atoms with van der Waals surface area (Å²) in [5.41, 5.74) is 0. The Morgan fingerprint density at radius 1 is 1.36 bits per heavy atom. The molecule has 0 unspecified atom stereocenters. The first-order valence-electron chi connectivity index (χ1n) is 3.82. The molecule has 0 N–H and O–H groups in total. The van der Waals surface area contributed by atoms with E-state index in [1.807, 2.05) is 6.92 Å². The molecule has 0 aromatic heterocycles. The summed E-state index contributed by atoms with van der Waals surface area (Å²) in [7, 11) is 1.62. The van der Waals surface area contributed by atoms with Gasteiger partial charge in [-0.3, -0.25) is 9.59 Å². The number of hydrogen-bond acceptors (Lipinski definition) is 4. The number of hydrogen-bond donors (Lipinski definition) is 0. The average molecular weight is 342 g/mol. The van der Waals surface area contributed by atoms with Crippen LogP contribution in [0.25, 0.3) is 0 Å². The van der Waals surface area contributed by atoms with Crippen LogP contribution in [0.3, 0.4) is 0 Å². The monoisotopic (exact) mass is 340 g/mol. The molecular formula is C6H7BBr2N2O2S. The van der Waals surface area contributed by atoms with E-state index in [4.69, 9.17) is 0 Å². The molecule has 0 fully saturated rings. The predicted molar refractivity (Wildman–Crippen MR) is 65.2 cm³/mol. The van der Waals surface area contributed by atoms with Crippen LogP contribution in [0.15, 0.2) is 8.96 Å². The van der Waals surface area contributed by atoms with Crippen LogP contribution in [-0.4, -0.2) is 34.9 Å². The summed E-state index contributed by atoms with van der Waals surface area (Å²) in [6.07, 6.45) is 0. The lowest BCUT2D eigenvalue weighted by Gasteiger charge is -2.27. The van der Waals surface area contributed by atoms with Gasteiger partial charge in [0.2, 0.25) is 13.1 Å². The fourth-order valence-corrected chi connectivity index (χ4v) is 2.55. The third-order valence-corrected chi connectivity index (χ3v) is 5.02. The summed E-state index contributed by atoms with van der Waals surface area (Å²) in [4.78, 5) is 24.6. The quantitative estimate of drug-likeness (QED) is 0.522. The highest BCUT2D eigenvalue weighted by atomic mass is 79.9. The summed E-state index contributed by atoms with van der Waals surface area (Å²) >= 11 is 7.16. The molecule has 0 aliphatic carbocycles. The van der Waals surface area contributed by atoms with Gasteiger partial charge in [-0.15, -0.1) is 0 Å². The second-order valence-corrected chi connectivity index (χ2v) is 5.06. The van der Waals surface area contributed by atoms with Gasteiger partial charge in [0.1, 0.15) is 4.48 Å². The van der Waals surface area contributed by atoms with Gasteiger partial charge < -0.3 is 4.92 Å². The lowest BCUT2D eigenvalue weighted by Crippen LogP contribution is -2.39. The van der Waals surface area contributed by atoms with Gasteiger partial charge in [-0.05, 0) is 38.8 Å². The first kappa shape index (κ1) is 12.3. The number of hydrazine groups is 1. The maximum absolute atomic E-state index is 11.7. The van der Waals surface area contributed by atoms with E-state index in [0.29, 0.717) is 6.54 Å². The molecule has 0 aromatic carbocycles. The molecule has 76 valence electrons. The molecule has 1 heterocycles. The highest BCUT2D eigenvalue weighted by Gasteiger charge is 2.29. The van der Waals surface area contributed by atoms with Gasteiger partial charge in [-0.25, -0.2) is 0 Å². The zero-order chi connectivity index (χ0) is 10.9. The summed E-state index contributed by atoms with van der Waals surface area (Å²) in [6, 6.07) is 0. The fraction of sp³-hybridized carbons (Fsp3) is 0.333. The molecule has 8 heteroatoms. The maximum Gasteiger partial charge on any atom is 0.264 e. The van der Waals surface area contributed by atoms with Crippen LogP contribution in [0, 0.1) is 0 Å². The van der Waals surface area contributed by atoms with Gasteiger partial charge in [-0.1, -0.05) is 0 Å². The Labute approximate surface area is 104 Å². The first-order chi connectivity index (χ1) is 6.49. The lowest BCUT2D eigenvalue weighted by molar-refractivity contribution is -0.127. The summed E-state index contributed by atoms with van der Waals surface area (Å²) in [5.74, 6) is -0.239. The number of rotatable bonds is 1. The minimum atomic E-state index is -0.239. The van der Waals surface area contributed by atoms with Crippen molar-refractivity contribution in [2.45, 2.75) is 6.92 Å². The molecule has 1 aliphatic heterocycles. The number of nitrogens with zero attached hydrogens (tertiary/aromatic N) is 2. The second kappa shape index (κ2) is 4.83. The van der Waals surface area contributed by atoms with E-state index in [1.54, 1.807) is 12.4 Å². The number of halogens is 2. The lowest BCUT2D eigenvalue weighted by atomic mass is 10.3. The van der Waals surface area contributed by atoms with Crippen molar-refractivity contribution in [3.05, 3.63) is 8.96 Å². The Kier molecular flexibility index (Phi) is 4.23. The Morgan fingerprint density at radius 2 is 1.93 bits per heavy atom. The third-order valence-electron chi connectivity index (χ3n) is 1.65. The van der Waals surface area contributed by atoms with Crippen LogP contribution in [0.2, 0.25) is 0 Å². The van der Waals surface area contributed by atoms with Crippen molar-refractivity contribution >= 4 is 62.8 Å². The van der Waals surface area contributed by atoms with E-state index in [-0.39, 0.29) is 20.0 Å². The Hall–Kier alpha value is 0.215. The van der Waals surface area contributed by atoms with E-state index >= 15 is 0 Å². The van der Waals surface area contributed by atoms with Crippen molar-refractivity contribution in [2.24, 2.45) is 0 Å². The number of carbonyl (C=O) groups excluding carboxylic acids is 2. The van der Waals surface area contributed by atoms with Crippen LogP contribution in [0.4, 0.5) is 0 Å². The molecule has 0 saturated heterocycles. The molecule has 14 heavy (non-hydrogen) atoms. The van der Waals surface area contributed by atoms with Gasteiger partial charge in [0.15, 0.2) is 0 Å². The maximum atomic E-state index is 11.7. The molecule has 0 spiro atoms. The van der Waals surface area contributed by atoms with Crippen LogP contribution >= 0.6 is 43.8 Å². The van der Waals surface area contributed by atoms with Crippen LogP contribution in [0.5, 0.6) is 0 Å². The van der Waals surface area contributed by atoms with Crippen molar-refractivity contribution in [1.82, 2.24) is 9.33 Å². The molecule has 1 amide bonds.